The zero-order valence-corrected chi connectivity index (χ0v) is 23.0. The summed E-state index contributed by atoms with van der Waals surface area (Å²) in [4.78, 5) is 0. The molecule has 0 spiro atoms. The first-order chi connectivity index (χ1) is 19.8. The van der Waals surface area contributed by atoms with E-state index in [0.29, 0.717) is 5.56 Å². The van der Waals surface area contributed by atoms with Gasteiger partial charge in [0.25, 0.3) is 0 Å². The van der Waals surface area contributed by atoms with Crippen LogP contribution < -0.4 is 0 Å². The van der Waals surface area contributed by atoms with Gasteiger partial charge in [-0.3, -0.25) is 0 Å². The third kappa shape index (κ3) is 3.66. The fourth-order valence-electron chi connectivity index (χ4n) is 5.80. The molecule has 40 heavy (non-hydrogen) atoms. The molecule has 0 radical (unpaired) electrons. The van der Waals surface area contributed by atoms with Gasteiger partial charge in [-0.1, -0.05) is 84.9 Å². The largest absolute Gasteiger partial charge is 0.192 e. The number of nitriles is 1. The van der Waals surface area contributed by atoms with Gasteiger partial charge >= 0.3 is 0 Å². The Bertz CT molecular complexity index is 2280. The number of hydrogen-bond donors (Lipinski definition) is 0. The Morgan fingerprint density at radius 2 is 0.975 bits per heavy atom. The molecule has 2 aromatic heterocycles. The van der Waals surface area contributed by atoms with Gasteiger partial charge in [0.15, 0.2) is 0 Å². The number of benzene rings is 6. The van der Waals surface area contributed by atoms with E-state index in [-0.39, 0.29) is 0 Å². The van der Waals surface area contributed by atoms with Gasteiger partial charge in [-0.25, -0.2) is 0 Å². The second kappa shape index (κ2) is 9.17. The lowest BCUT2D eigenvalue weighted by Gasteiger charge is -2.15. The summed E-state index contributed by atoms with van der Waals surface area (Å²) >= 11 is 3.65. The first-order valence-electron chi connectivity index (χ1n) is 13.2. The van der Waals surface area contributed by atoms with Crippen molar-refractivity contribution in [2.24, 2.45) is 0 Å². The number of rotatable bonds is 3. The van der Waals surface area contributed by atoms with Crippen LogP contribution in [-0.2, 0) is 0 Å². The lowest BCUT2D eigenvalue weighted by molar-refractivity contribution is 1.47. The molecule has 8 aromatic rings. The van der Waals surface area contributed by atoms with E-state index >= 15 is 0 Å². The standard InChI is InChI=1S/C37H21NS2/c38-22-33-30(23-8-2-1-3-9-23)19-26(24-14-16-29-27-10-4-6-12-34(27)40-37(29)21-24)20-31(33)25-15-17-36-32(18-25)28-11-5-7-13-35(28)39-36/h1-21H. The van der Waals surface area contributed by atoms with E-state index in [0.717, 1.165) is 33.4 Å². The van der Waals surface area contributed by atoms with Gasteiger partial charge < -0.3 is 0 Å². The minimum absolute atomic E-state index is 0.705. The quantitative estimate of drug-likeness (QED) is 0.217. The van der Waals surface area contributed by atoms with E-state index in [1.807, 2.05) is 40.9 Å². The highest BCUT2D eigenvalue weighted by Gasteiger charge is 2.17. The molecule has 0 N–H and O–H groups in total. The average Bonchev–Trinajstić information content (AvgIpc) is 3.58. The van der Waals surface area contributed by atoms with Crippen LogP contribution in [0.25, 0.3) is 73.7 Å². The van der Waals surface area contributed by atoms with E-state index < -0.39 is 0 Å². The van der Waals surface area contributed by atoms with Crippen molar-refractivity contribution in [1.82, 2.24) is 0 Å². The SMILES string of the molecule is N#Cc1c(-c2ccccc2)cc(-c2ccc3c(c2)sc2ccccc23)cc1-c1ccc2sc3ccccc3c2c1. The lowest BCUT2D eigenvalue weighted by atomic mass is 9.88. The van der Waals surface area contributed by atoms with Crippen LogP contribution in [0.5, 0.6) is 0 Å². The van der Waals surface area contributed by atoms with Gasteiger partial charge in [-0.15, -0.1) is 22.7 Å². The molecule has 2 heterocycles. The smallest absolute Gasteiger partial charge is 0.100 e. The molecule has 0 saturated heterocycles. The molecular formula is C37H21NS2. The van der Waals surface area contributed by atoms with E-state index in [4.69, 9.17) is 0 Å². The number of fused-ring (bicyclic) bond motifs is 6. The van der Waals surface area contributed by atoms with Crippen molar-refractivity contribution >= 4 is 63.0 Å². The molecule has 0 unspecified atom stereocenters. The summed E-state index contributed by atoms with van der Waals surface area (Å²) in [7, 11) is 0. The summed E-state index contributed by atoms with van der Waals surface area (Å²) in [6.07, 6.45) is 0. The average molecular weight is 544 g/mol. The fraction of sp³-hybridized carbons (Fsp3) is 0. The molecule has 0 amide bonds. The number of hydrogen-bond acceptors (Lipinski definition) is 3. The van der Waals surface area contributed by atoms with E-state index in [1.165, 1.54) is 40.3 Å². The third-order valence-electron chi connectivity index (χ3n) is 7.73. The molecule has 0 bridgehead atoms. The predicted octanol–water partition coefficient (Wildman–Crippen LogP) is 11.3. The summed E-state index contributed by atoms with van der Waals surface area (Å²) < 4.78 is 5.12. The van der Waals surface area contributed by atoms with Crippen molar-refractivity contribution in [2.45, 2.75) is 0 Å². The minimum atomic E-state index is 0.705. The predicted molar refractivity (Wildman–Crippen MR) is 173 cm³/mol. The topological polar surface area (TPSA) is 23.8 Å². The maximum atomic E-state index is 10.5. The highest BCUT2D eigenvalue weighted by molar-refractivity contribution is 7.26. The Balaban J connectivity index is 1.39. The van der Waals surface area contributed by atoms with E-state index in [9.17, 15) is 5.26 Å². The van der Waals surface area contributed by atoms with Crippen LogP contribution >= 0.6 is 22.7 Å². The van der Waals surface area contributed by atoms with Crippen LogP contribution in [0.2, 0.25) is 0 Å². The number of thiophene rings is 2. The van der Waals surface area contributed by atoms with E-state index in [2.05, 4.69) is 115 Å². The molecule has 1 nitrogen and oxygen atoms in total. The summed E-state index contributed by atoms with van der Waals surface area (Å²) in [5, 5.41) is 15.6. The molecule has 0 aliphatic rings. The summed E-state index contributed by atoms with van der Waals surface area (Å²) in [5.74, 6) is 0. The van der Waals surface area contributed by atoms with Gasteiger partial charge in [0.1, 0.15) is 6.07 Å². The molecule has 0 fully saturated rings. The van der Waals surface area contributed by atoms with Crippen LogP contribution in [-0.4, -0.2) is 0 Å². The molecule has 0 atom stereocenters. The van der Waals surface area contributed by atoms with Gasteiger partial charge in [-0.2, -0.15) is 5.26 Å². The molecule has 0 saturated carbocycles. The van der Waals surface area contributed by atoms with Crippen molar-refractivity contribution in [2.75, 3.05) is 0 Å². The zero-order chi connectivity index (χ0) is 26.6. The fourth-order valence-corrected chi connectivity index (χ4v) is 8.03. The van der Waals surface area contributed by atoms with E-state index in [1.54, 1.807) is 0 Å². The Morgan fingerprint density at radius 1 is 0.400 bits per heavy atom. The van der Waals surface area contributed by atoms with Crippen molar-refractivity contribution in [3.05, 3.63) is 133 Å². The Labute approximate surface area is 239 Å². The molecule has 0 aliphatic carbocycles. The highest BCUT2D eigenvalue weighted by Crippen LogP contribution is 2.42. The Morgan fingerprint density at radius 3 is 1.73 bits per heavy atom. The molecule has 0 aliphatic heterocycles. The maximum absolute atomic E-state index is 10.5. The van der Waals surface area contributed by atoms with Gasteiger partial charge in [0.05, 0.1) is 5.56 Å². The normalized spacial score (nSPS) is 11.5. The second-order valence-corrected chi connectivity index (χ2v) is 12.2. The van der Waals surface area contributed by atoms with Crippen LogP contribution in [0.3, 0.4) is 0 Å². The summed E-state index contributed by atoms with van der Waals surface area (Å²) in [5.41, 5.74) is 7.01. The molecule has 6 aromatic carbocycles. The molecule has 186 valence electrons. The Kier molecular flexibility index (Phi) is 5.31. The van der Waals surface area contributed by atoms with Crippen molar-refractivity contribution in [1.29, 1.82) is 5.26 Å². The Hall–Kier alpha value is -4.75. The van der Waals surface area contributed by atoms with Gasteiger partial charge in [0.2, 0.25) is 0 Å². The van der Waals surface area contributed by atoms with Crippen molar-refractivity contribution in [3.8, 4) is 39.4 Å². The minimum Gasteiger partial charge on any atom is -0.192 e. The molecule has 8 rings (SSSR count). The van der Waals surface area contributed by atoms with Crippen LogP contribution in [0.1, 0.15) is 5.56 Å². The second-order valence-electron chi connectivity index (χ2n) is 10.0. The van der Waals surface area contributed by atoms with Crippen molar-refractivity contribution < 1.29 is 0 Å². The maximum Gasteiger partial charge on any atom is 0.100 e. The first kappa shape index (κ1) is 23.2. The zero-order valence-electron chi connectivity index (χ0n) is 21.4. The lowest BCUT2D eigenvalue weighted by Crippen LogP contribution is -1.93. The molecule has 3 heteroatoms. The van der Waals surface area contributed by atoms with Gasteiger partial charge in [0, 0.05) is 51.5 Å². The summed E-state index contributed by atoms with van der Waals surface area (Å²) in [6, 6.07) is 47.8. The van der Waals surface area contributed by atoms with Crippen LogP contribution in [0.4, 0.5) is 0 Å². The molecular weight excluding hydrogens is 523 g/mol. The van der Waals surface area contributed by atoms with Crippen LogP contribution in [0.15, 0.2) is 127 Å². The van der Waals surface area contributed by atoms with Gasteiger partial charge in [-0.05, 0) is 64.7 Å². The monoisotopic (exact) mass is 543 g/mol. The summed E-state index contributed by atoms with van der Waals surface area (Å²) in [6.45, 7) is 0. The number of nitrogens with zero attached hydrogens (tertiary/aromatic N) is 1. The highest BCUT2D eigenvalue weighted by atomic mass is 32.1. The van der Waals surface area contributed by atoms with Crippen LogP contribution in [0, 0.1) is 11.3 Å². The van der Waals surface area contributed by atoms with Crippen molar-refractivity contribution in [3.63, 3.8) is 0 Å². The third-order valence-corrected chi connectivity index (χ3v) is 10.0. The first-order valence-corrected chi connectivity index (χ1v) is 14.9.